The molecule has 1 heterocycles. The minimum absolute atomic E-state index is 0.122. The summed E-state index contributed by atoms with van der Waals surface area (Å²) in [6.45, 7) is 2.04. The summed E-state index contributed by atoms with van der Waals surface area (Å²) in [7, 11) is 0. The first kappa shape index (κ1) is 15.5. The van der Waals surface area contributed by atoms with E-state index >= 15 is 0 Å². The zero-order valence-electron chi connectivity index (χ0n) is 14.1. The molecule has 0 fully saturated rings. The molecule has 0 saturated heterocycles. The molecule has 0 aliphatic heterocycles. The second-order valence-electron chi connectivity index (χ2n) is 6.49. The molecular weight excluding hydrogens is 310 g/mol. The number of Topliss-reactive ketones (excluding diaryl/α,β-unsaturated/α-hetero) is 1. The average molecular weight is 329 g/mol. The summed E-state index contributed by atoms with van der Waals surface area (Å²) in [4.78, 5) is 21.4. The largest absolute Gasteiger partial charge is 0.324 e. The van der Waals surface area contributed by atoms with Gasteiger partial charge in [0, 0.05) is 18.3 Å². The van der Waals surface area contributed by atoms with Gasteiger partial charge in [-0.25, -0.2) is 9.97 Å². The van der Waals surface area contributed by atoms with E-state index in [1.165, 1.54) is 11.1 Å². The van der Waals surface area contributed by atoms with Crippen LogP contribution in [0.3, 0.4) is 0 Å². The van der Waals surface area contributed by atoms with Crippen LogP contribution in [0.5, 0.6) is 0 Å². The second-order valence-corrected chi connectivity index (χ2v) is 6.49. The summed E-state index contributed by atoms with van der Waals surface area (Å²) in [6, 6.07) is 18.2. The Bertz CT molecular complexity index is 921. The quantitative estimate of drug-likeness (QED) is 0.772. The number of fused-ring (bicyclic) bond motifs is 1. The Morgan fingerprint density at radius 2 is 1.88 bits per heavy atom. The summed E-state index contributed by atoms with van der Waals surface area (Å²) < 4.78 is 0. The third kappa shape index (κ3) is 3.29. The first-order valence-corrected chi connectivity index (χ1v) is 8.47. The van der Waals surface area contributed by atoms with Gasteiger partial charge in [-0.1, -0.05) is 42.5 Å². The van der Waals surface area contributed by atoms with Crippen LogP contribution in [0.15, 0.2) is 60.8 Å². The van der Waals surface area contributed by atoms with Gasteiger partial charge in [-0.2, -0.15) is 0 Å². The highest BCUT2D eigenvalue weighted by molar-refractivity contribution is 5.98. The van der Waals surface area contributed by atoms with E-state index in [4.69, 9.17) is 0 Å². The lowest BCUT2D eigenvalue weighted by atomic mass is 9.82. The number of benzene rings is 2. The number of ketones is 1. The normalized spacial score (nSPS) is 16.4. The van der Waals surface area contributed by atoms with Crippen molar-refractivity contribution < 1.29 is 4.79 Å². The van der Waals surface area contributed by atoms with Crippen LogP contribution in [0.1, 0.15) is 39.5 Å². The van der Waals surface area contributed by atoms with Gasteiger partial charge in [0.2, 0.25) is 5.95 Å². The monoisotopic (exact) mass is 329 g/mol. The van der Waals surface area contributed by atoms with E-state index in [0.29, 0.717) is 17.9 Å². The van der Waals surface area contributed by atoms with Gasteiger partial charge in [-0.3, -0.25) is 4.79 Å². The predicted molar refractivity (Wildman–Crippen MR) is 98.3 cm³/mol. The van der Waals surface area contributed by atoms with Crippen LogP contribution in [0, 0.1) is 6.92 Å². The molecule has 1 aliphatic carbocycles. The number of aromatic nitrogens is 2. The fourth-order valence-electron chi connectivity index (χ4n) is 3.32. The minimum Gasteiger partial charge on any atom is -0.324 e. The molecule has 4 rings (SSSR count). The Kier molecular flexibility index (Phi) is 4.02. The molecule has 1 N–H and O–H groups in total. The number of hydrogen-bond acceptors (Lipinski definition) is 4. The lowest BCUT2D eigenvalue weighted by Gasteiger charge is -2.23. The molecule has 25 heavy (non-hydrogen) atoms. The molecule has 0 unspecified atom stereocenters. The van der Waals surface area contributed by atoms with Crippen molar-refractivity contribution in [3.8, 4) is 0 Å². The molecule has 4 nitrogen and oxygen atoms in total. The van der Waals surface area contributed by atoms with Crippen molar-refractivity contribution in [2.45, 2.75) is 25.7 Å². The standard InChI is InChI=1S/C21H19N3O/c1-14-6-5-9-17(10-14)23-21-22-13-18-19(24-21)11-16(12-20(18)25)15-7-3-2-4-8-15/h2-10,13,16H,11-12H2,1H3,(H,22,23,24)/t16-/m1/s1. The first-order chi connectivity index (χ1) is 12.2. The first-order valence-electron chi connectivity index (χ1n) is 8.47. The molecule has 1 aromatic heterocycles. The van der Waals surface area contributed by atoms with Crippen molar-refractivity contribution in [3.63, 3.8) is 0 Å². The molecular formula is C21H19N3O. The van der Waals surface area contributed by atoms with Gasteiger partial charge in [0.15, 0.2) is 5.78 Å². The maximum absolute atomic E-state index is 12.5. The van der Waals surface area contributed by atoms with Crippen molar-refractivity contribution in [1.29, 1.82) is 0 Å². The summed E-state index contributed by atoms with van der Waals surface area (Å²) in [5.74, 6) is 0.839. The topological polar surface area (TPSA) is 54.9 Å². The van der Waals surface area contributed by atoms with E-state index in [9.17, 15) is 4.79 Å². The maximum atomic E-state index is 12.5. The summed E-state index contributed by atoms with van der Waals surface area (Å²) in [5, 5.41) is 3.23. The van der Waals surface area contributed by atoms with Crippen LogP contribution in [0.25, 0.3) is 0 Å². The molecule has 1 aliphatic rings. The zero-order chi connectivity index (χ0) is 17.2. The van der Waals surface area contributed by atoms with Crippen LogP contribution in [-0.4, -0.2) is 15.8 Å². The SMILES string of the molecule is Cc1cccc(Nc2ncc3c(n2)C[C@@H](c2ccccc2)CC3=O)c1. The molecule has 0 bridgehead atoms. The van der Waals surface area contributed by atoms with Gasteiger partial charge < -0.3 is 5.32 Å². The van der Waals surface area contributed by atoms with E-state index in [1.54, 1.807) is 6.20 Å². The summed E-state index contributed by atoms with van der Waals surface area (Å²) in [5.41, 5.74) is 4.79. The highest BCUT2D eigenvalue weighted by atomic mass is 16.1. The molecule has 2 aromatic carbocycles. The van der Waals surface area contributed by atoms with Gasteiger partial charge in [0.25, 0.3) is 0 Å². The number of aryl methyl sites for hydroxylation is 1. The van der Waals surface area contributed by atoms with Crippen LogP contribution in [0.4, 0.5) is 11.6 Å². The van der Waals surface area contributed by atoms with E-state index in [1.807, 2.05) is 49.4 Å². The molecule has 4 heteroatoms. The highest BCUT2D eigenvalue weighted by Crippen LogP contribution is 2.32. The zero-order valence-corrected chi connectivity index (χ0v) is 14.1. The van der Waals surface area contributed by atoms with Crippen LogP contribution >= 0.6 is 0 Å². The van der Waals surface area contributed by atoms with E-state index < -0.39 is 0 Å². The predicted octanol–water partition coefficient (Wildman–Crippen LogP) is 4.44. The van der Waals surface area contributed by atoms with Gasteiger partial charge in [-0.05, 0) is 42.5 Å². The van der Waals surface area contributed by atoms with Crippen molar-refractivity contribution in [1.82, 2.24) is 9.97 Å². The Morgan fingerprint density at radius 3 is 2.68 bits per heavy atom. The van der Waals surface area contributed by atoms with Gasteiger partial charge >= 0.3 is 0 Å². The van der Waals surface area contributed by atoms with Gasteiger partial charge in [-0.15, -0.1) is 0 Å². The Balaban J connectivity index is 1.62. The molecule has 0 spiro atoms. The molecule has 0 amide bonds. The van der Waals surface area contributed by atoms with Gasteiger partial charge in [0.05, 0.1) is 11.3 Å². The second kappa shape index (κ2) is 6.48. The number of rotatable bonds is 3. The van der Waals surface area contributed by atoms with E-state index in [0.717, 1.165) is 17.8 Å². The number of nitrogens with zero attached hydrogens (tertiary/aromatic N) is 2. The van der Waals surface area contributed by atoms with Crippen molar-refractivity contribution in [2.24, 2.45) is 0 Å². The smallest absolute Gasteiger partial charge is 0.227 e. The van der Waals surface area contributed by atoms with E-state index in [-0.39, 0.29) is 11.7 Å². The number of anilines is 2. The third-order valence-electron chi connectivity index (χ3n) is 4.58. The molecule has 1 atom stereocenters. The number of carbonyl (C=O) groups is 1. The fourth-order valence-corrected chi connectivity index (χ4v) is 3.32. The summed E-state index contributed by atoms with van der Waals surface area (Å²) in [6.07, 6.45) is 2.94. The number of hydrogen-bond donors (Lipinski definition) is 1. The lowest BCUT2D eigenvalue weighted by molar-refractivity contribution is 0.0962. The molecule has 0 radical (unpaired) electrons. The van der Waals surface area contributed by atoms with Crippen molar-refractivity contribution in [2.75, 3.05) is 5.32 Å². The Labute approximate surface area is 147 Å². The van der Waals surface area contributed by atoms with Crippen LogP contribution < -0.4 is 5.32 Å². The lowest BCUT2D eigenvalue weighted by Crippen LogP contribution is -2.21. The number of carbonyl (C=O) groups excluding carboxylic acids is 1. The molecule has 124 valence electrons. The molecule has 0 saturated carbocycles. The maximum Gasteiger partial charge on any atom is 0.227 e. The third-order valence-corrected chi connectivity index (χ3v) is 4.58. The summed E-state index contributed by atoms with van der Waals surface area (Å²) >= 11 is 0. The molecule has 3 aromatic rings. The number of nitrogens with one attached hydrogen (secondary N) is 1. The minimum atomic E-state index is 0.122. The highest BCUT2D eigenvalue weighted by Gasteiger charge is 2.27. The van der Waals surface area contributed by atoms with Crippen molar-refractivity contribution >= 4 is 17.4 Å². The van der Waals surface area contributed by atoms with Crippen LogP contribution in [-0.2, 0) is 6.42 Å². The van der Waals surface area contributed by atoms with Crippen LogP contribution in [0.2, 0.25) is 0 Å². The Hall–Kier alpha value is -3.01. The van der Waals surface area contributed by atoms with Gasteiger partial charge in [0.1, 0.15) is 0 Å². The average Bonchev–Trinajstić information content (AvgIpc) is 2.62. The Morgan fingerprint density at radius 1 is 1.04 bits per heavy atom. The van der Waals surface area contributed by atoms with E-state index in [2.05, 4.69) is 27.4 Å². The fraction of sp³-hybridized carbons (Fsp3) is 0.190. The van der Waals surface area contributed by atoms with Crippen molar-refractivity contribution in [3.05, 3.63) is 83.2 Å².